The predicted octanol–water partition coefficient (Wildman–Crippen LogP) is 6.54. The first-order valence-electron chi connectivity index (χ1n) is 16.5. The molecule has 0 spiro atoms. The van der Waals surface area contributed by atoms with Crippen molar-refractivity contribution in [2.24, 2.45) is 11.3 Å². The summed E-state index contributed by atoms with van der Waals surface area (Å²) in [4.78, 5) is 0. The molecule has 0 amide bonds. The zero-order valence-corrected chi connectivity index (χ0v) is 34.6. The molecule has 46 heavy (non-hydrogen) atoms. The fourth-order valence-corrected chi connectivity index (χ4v) is 6.00. The molecule has 1 atom stereocenters. The van der Waals surface area contributed by atoms with E-state index < -0.39 is 0 Å². The molecule has 0 N–H and O–H groups in total. The zero-order valence-electron chi connectivity index (χ0n) is 30.7. The Morgan fingerprint density at radius 2 is 1.17 bits per heavy atom. The van der Waals surface area contributed by atoms with E-state index in [2.05, 4.69) is 169 Å². The van der Waals surface area contributed by atoms with Crippen LogP contribution in [0, 0.1) is 24.3 Å². The third-order valence-corrected chi connectivity index (χ3v) is 9.29. The summed E-state index contributed by atoms with van der Waals surface area (Å²) < 4.78 is 1.46. The van der Waals surface area contributed by atoms with Crippen LogP contribution in [0.5, 0.6) is 0 Å². The van der Waals surface area contributed by atoms with Crippen LogP contribution in [0.15, 0.2) is 84.0 Å². The zero-order chi connectivity index (χ0) is 33.0. The van der Waals surface area contributed by atoms with Crippen LogP contribution in [0.4, 0.5) is 0 Å². The van der Waals surface area contributed by atoms with Gasteiger partial charge in [-0.05, 0) is 10.8 Å². The van der Waals surface area contributed by atoms with E-state index in [-0.39, 0.29) is 35.6 Å². The molecule has 248 valence electrons. The van der Waals surface area contributed by atoms with E-state index in [1.54, 1.807) is 0 Å². The molecule has 1 aliphatic carbocycles. The van der Waals surface area contributed by atoms with Crippen LogP contribution < -0.4 is 24.8 Å². The molecule has 0 radical (unpaired) electrons. The molecular weight excluding hydrogens is 679 g/mol. The van der Waals surface area contributed by atoms with E-state index in [1.165, 1.54) is 88.8 Å². The first-order chi connectivity index (χ1) is 20.3. The summed E-state index contributed by atoms with van der Waals surface area (Å²) in [6, 6.07) is 24.8. The molecule has 0 heterocycles. The van der Waals surface area contributed by atoms with Crippen molar-refractivity contribution in [2.45, 2.75) is 114 Å². The van der Waals surface area contributed by atoms with Gasteiger partial charge in [-0.25, -0.2) is 5.57 Å². The molecule has 1 unspecified atom stereocenters. The van der Waals surface area contributed by atoms with Gasteiger partial charge in [-0.1, -0.05) is 136 Å². The topological polar surface area (TPSA) is 0 Å². The summed E-state index contributed by atoms with van der Waals surface area (Å²) in [7, 11) is 0. The molecular formula is C43H56Cl2Zr-2. The number of aryl methyl sites for hydroxylation is 1. The van der Waals surface area contributed by atoms with E-state index in [9.17, 15) is 0 Å². The van der Waals surface area contributed by atoms with Crippen LogP contribution in [0.2, 0.25) is 0 Å². The fraction of sp³-hybridized carbons (Fsp3) is 0.442. The Bertz CT molecular complexity index is 1570. The second-order valence-electron chi connectivity index (χ2n) is 15.6. The maximum absolute atomic E-state index is 3.57. The van der Waals surface area contributed by atoms with E-state index >= 15 is 0 Å². The Hall–Kier alpha value is -1.66. The first kappa shape index (κ1) is 42.4. The van der Waals surface area contributed by atoms with Crippen LogP contribution in [0.3, 0.4) is 0 Å². The van der Waals surface area contributed by atoms with Gasteiger partial charge in [0, 0.05) is 0 Å². The third-order valence-electron chi connectivity index (χ3n) is 8.58. The van der Waals surface area contributed by atoms with Gasteiger partial charge >= 0.3 is 76.7 Å². The maximum atomic E-state index is 3.57. The van der Waals surface area contributed by atoms with Crippen LogP contribution in [-0.4, -0.2) is 3.21 Å². The number of hydrogen-bond acceptors (Lipinski definition) is 0. The van der Waals surface area contributed by atoms with Crippen molar-refractivity contribution >= 4 is 24.8 Å². The summed E-state index contributed by atoms with van der Waals surface area (Å²) in [5, 5.41) is 5.49. The second-order valence-corrected chi connectivity index (χ2v) is 17.4. The summed E-state index contributed by atoms with van der Waals surface area (Å²) in [6.07, 6.45) is 8.28. The van der Waals surface area contributed by atoms with Crippen molar-refractivity contribution in [2.75, 3.05) is 0 Å². The van der Waals surface area contributed by atoms with Gasteiger partial charge in [0.05, 0.1) is 0 Å². The minimum absolute atomic E-state index is 0. The SMILES string of the molecule is CC(C)(C)c1ccc2[cH-]c3ccc(C(C)(C)C)cc3c2c1.CCC1=[C-]C(CC)C=C1C(C)(C)C.C[C](=[Zr+2])c1ccc(C)cc1.[Cl-].[Cl-]. The van der Waals surface area contributed by atoms with Crippen molar-refractivity contribution < 1.29 is 49.0 Å². The average Bonchev–Trinajstić information content (AvgIpc) is 3.54. The number of halogens is 2. The third kappa shape index (κ3) is 11.2. The van der Waals surface area contributed by atoms with Crippen LogP contribution in [-0.2, 0) is 35.1 Å². The molecule has 4 aromatic carbocycles. The quantitative estimate of drug-likeness (QED) is 0.210. The van der Waals surface area contributed by atoms with Gasteiger partial charge in [0.2, 0.25) is 0 Å². The van der Waals surface area contributed by atoms with E-state index in [0.717, 1.165) is 6.42 Å². The predicted molar refractivity (Wildman–Crippen MR) is 194 cm³/mol. The molecule has 4 aromatic rings. The van der Waals surface area contributed by atoms with Gasteiger partial charge in [-0.2, -0.15) is 11.6 Å². The number of allylic oxidation sites excluding steroid dienone is 4. The van der Waals surface area contributed by atoms with Crippen LogP contribution in [0.25, 0.3) is 21.5 Å². The average molecular weight is 735 g/mol. The van der Waals surface area contributed by atoms with Gasteiger partial charge in [-0.15, -0.1) is 39.7 Å². The molecule has 5 rings (SSSR count). The molecule has 0 bridgehead atoms. The van der Waals surface area contributed by atoms with Crippen molar-refractivity contribution in [3.8, 4) is 0 Å². The van der Waals surface area contributed by atoms with E-state index in [4.69, 9.17) is 0 Å². The molecule has 3 heteroatoms. The molecule has 0 saturated heterocycles. The maximum Gasteiger partial charge on any atom is -1.00 e. The smallest absolute Gasteiger partial charge is 1.00 e. The Morgan fingerprint density at radius 1 is 0.717 bits per heavy atom. The Kier molecular flexibility index (Phi) is 15.8. The van der Waals surface area contributed by atoms with E-state index in [0.29, 0.717) is 11.3 Å². The standard InChI is InChI=1S/C21H25.C13H21.C9H10.2ClH.Zr/c1-20(2,3)16-9-7-14-11-15-8-10-17(21(4,5)6)13-19(15)18(14)12-16;1-6-10-8-11(7-2)12(9-10)13(3,4)5;1-3-9-6-4-8(2)5-7-9;;;/h7-13H,1-6H3;9-10H,6-7H2,1-5H3;4-7H,1-2H3;2*1H;/q2*-1;;;;+2/p-2. The van der Waals surface area contributed by atoms with Crippen LogP contribution >= 0.6 is 0 Å². The Labute approximate surface area is 309 Å². The number of rotatable bonds is 3. The second kappa shape index (κ2) is 17.1. The number of fused-ring (bicyclic) bond motifs is 3. The molecule has 0 aromatic heterocycles. The van der Waals surface area contributed by atoms with Gasteiger partial charge < -0.3 is 24.8 Å². The van der Waals surface area contributed by atoms with Gasteiger partial charge in [0.1, 0.15) is 0 Å². The number of hydrogen-bond donors (Lipinski definition) is 0. The molecule has 0 nitrogen and oxygen atoms in total. The summed E-state index contributed by atoms with van der Waals surface area (Å²) in [5.41, 5.74) is 9.17. The molecule has 0 saturated carbocycles. The van der Waals surface area contributed by atoms with Crippen molar-refractivity contribution in [1.29, 1.82) is 0 Å². The normalized spacial score (nSPS) is 14.6. The molecule has 1 aliphatic rings. The van der Waals surface area contributed by atoms with Crippen molar-refractivity contribution in [3.05, 3.63) is 112 Å². The Morgan fingerprint density at radius 3 is 1.50 bits per heavy atom. The fourth-order valence-electron chi connectivity index (χ4n) is 5.59. The first-order valence-corrected chi connectivity index (χ1v) is 17.7. The molecule has 0 aliphatic heterocycles. The summed E-state index contributed by atoms with van der Waals surface area (Å²) in [5.74, 6) is 0.573. The van der Waals surface area contributed by atoms with Crippen molar-refractivity contribution in [3.63, 3.8) is 0 Å². The monoisotopic (exact) mass is 732 g/mol. The largest absolute Gasteiger partial charge is 1.00 e. The minimum atomic E-state index is 0. The van der Waals surface area contributed by atoms with Crippen molar-refractivity contribution in [1.82, 2.24) is 0 Å². The van der Waals surface area contributed by atoms with Crippen LogP contribution in [0.1, 0.15) is 118 Å². The van der Waals surface area contributed by atoms with Gasteiger partial charge in [0.25, 0.3) is 0 Å². The Balaban J connectivity index is 0.000000366. The summed E-state index contributed by atoms with van der Waals surface area (Å²) >= 11 is 1.51. The number of benzene rings is 3. The van der Waals surface area contributed by atoms with Gasteiger partial charge in [-0.3, -0.25) is 6.08 Å². The van der Waals surface area contributed by atoms with Gasteiger partial charge in [0.15, 0.2) is 0 Å². The molecule has 0 fully saturated rings. The minimum Gasteiger partial charge on any atom is -1.00 e. The van der Waals surface area contributed by atoms with E-state index in [1.807, 2.05) is 0 Å². The summed E-state index contributed by atoms with van der Waals surface area (Å²) in [6.45, 7) is 29.3.